The zero-order chi connectivity index (χ0) is 18.8. The molecule has 6 heteroatoms. The van der Waals surface area contributed by atoms with Gasteiger partial charge in [-0.15, -0.1) is 0 Å². The molecule has 1 saturated heterocycles. The van der Waals surface area contributed by atoms with Crippen LogP contribution >= 0.6 is 0 Å². The quantitative estimate of drug-likeness (QED) is 0.751. The van der Waals surface area contributed by atoms with E-state index in [1.54, 1.807) is 18.2 Å². The summed E-state index contributed by atoms with van der Waals surface area (Å²) in [6.45, 7) is 4.10. The van der Waals surface area contributed by atoms with E-state index in [4.69, 9.17) is 0 Å². The van der Waals surface area contributed by atoms with E-state index >= 15 is 0 Å². The van der Waals surface area contributed by atoms with E-state index in [1.165, 1.54) is 0 Å². The van der Waals surface area contributed by atoms with Gasteiger partial charge in [0.2, 0.25) is 0 Å². The average Bonchev–Trinajstić information content (AvgIpc) is 2.69. The van der Waals surface area contributed by atoms with E-state index in [0.29, 0.717) is 11.1 Å². The number of aromatic amines is 1. The standard InChI is InChI=1S/C21H22N4O2/c1-24-10-12-25(13-11-24)17-8-6-16(7-9-17)22-21(27)19-14-15-4-2-3-5-18(15)20(26)23-19/h2-9,14H,10-13H2,1H3,(H,22,27)(H,23,26). The minimum Gasteiger partial charge on any atom is -0.369 e. The monoisotopic (exact) mass is 362 g/mol. The van der Waals surface area contributed by atoms with Gasteiger partial charge in [0, 0.05) is 42.9 Å². The SMILES string of the molecule is CN1CCN(c2ccc(NC(=O)c3cc4ccccc4c(=O)[nH]3)cc2)CC1. The molecule has 3 aromatic rings. The lowest BCUT2D eigenvalue weighted by Gasteiger charge is -2.34. The van der Waals surface area contributed by atoms with Gasteiger partial charge in [0.05, 0.1) is 0 Å². The number of anilines is 2. The highest BCUT2D eigenvalue weighted by Gasteiger charge is 2.14. The fourth-order valence-corrected chi connectivity index (χ4v) is 3.35. The summed E-state index contributed by atoms with van der Waals surface area (Å²) in [7, 11) is 2.13. The van der Waals surface area contributed by atoms with Crippen molar-refractivity contribution in [1.29, 1.82) is 0 Å². The third-order valence-corrected chi connectivity index (χ3v) is 4.99. The zero-order valence-electron chi connectivity index (χ0n) is 15.2. The van der Waals surface area contributed by atoms with Crippen LogP contribution in [-0.4, -0.2) is 49.0 Å². The van der Waals surface area contributed by atoms with Gasteiger partial charge in [-0.1, -0.05) is 18.2 Å². The molecule has 1 fully saturated rings. The molecule has 1 aliphatic heterocycles. The molecule has 6 nitrogen and oxygen atoms in total. The largest absolute Gasteiger partial charge is 0.369 e. The molecular weight excluding hydrogens is 340 g/mol. The predicted octanol–water partition coefficient (Wildman–Crippen LogP) is 2.53. The summed E-state index contributed by atoms with van der Waals surface area (Å²) in [6, 6.07) is 16.7. The normalized spacial score (nSPS) is 15.1. The molecule has 2 heterocycles. The minimum atomic E-state index is -0.329. The van der Waals surface area contributed by atoms with E-state index in [2.05, 4.69) is 27.1 Å². The number of hydrogen-bond donors (Lipinski definition) is 2. The number of benzene rings is 2. The maximum Gasteiger partial charge on any atom is 0.272 e. The third kappa shape index (κ3) is 3.71. The molecule has 27 heavy (non-hydrogen) atoms. The Morgan fingerprint density at radius 3 is 2.44 bits per heavy atom. The van der Waals surface area contributed by atoms with Crippen LogP contribution < -0.4 is 15.8 Å². The molecule has 1 amide bonds. The number of pyridine rings is 1. The molecule has 4 rings (SSSR count). The predicted molar refractivity (Wildman–Crippen MR) is 109 cm³/mol. The number of amides is 1. The number of likely N-dealkylation sites (N-methyl/N-ethyl adjacent to an activating group) is 1. The minimum absolute atomic E-state index is 0.252. The Bertz CT molecular complexity index is 1020. The first-order valence-corrected chi connectivity index (χ1v) is 9.07. The molecule has 0 atom stereocenters. The molecule has 2 aromatic carbocycles. The van der Waals surface area contributed by atoms with E-state index in [0.717, 1.165) is 37.3 Å². The lowest BCUT2D eigenvalue weighted by Crippen LogP contribution is -2.44. The first-order chi connectivity index (χ1) is 13.1. The second-order valence-corrected chi connectivity index (χ2v) is 6.89. The maximum absolute atomic E-state index is 12.5. The maximum atomic E-state index is 12.5. The zero-order valence-corrected chi connectivity index (χ0v) is 15.2. The van der Waals surface area contributed by atoms with Crippen LogP contribution in [0, 0.1) is 0 Å². The number of nitrogens with one attached hydrogen (secondary N) is 2. The fraction of sp³-hybridized carbons (Fsp3) is 0.238. The number of nitrogens with zero attached hydrogens (tertiary/aromatic N) is 2. The van der Waals surface area contributed by atoms with Crippen LogP contribution in [-0.2, 0) is 0 Å². The Hall–Kier alpha value is -3.12. The topological polar surface area (TPSA) is 68.4 Å². The van der Waals surface area contributed by atoms with Gasteiger partial charge in [0.15, 0.2) is 0 Å². The molecule has 0 unspecified atom stereocenters. The van der Waals surface area contributed by atoms with Crippen molar-refractivity contribution in [3.05, 3.63) is 70.6 Å². The van der Waals surface area contributed by atoms with Crippen LogP contribution in [0.15, 0.2) is 59.4 Å². The summed E-state index contributed by atoms with van der Waals surface area (Å²) >= 11 is 0. The van der Waals surface area contributed by atoms with Crippen molar-refractivity contribution in [3.8, 4) is 0 Å². The number of piperazine rings is 1. The molecule has 0 spiro atoms. The van der Waals surface area contributed by atoms with Crippen LogP contribution in [0.3, 0.4) is 0 Å². The second-order valence-electron chi connectivity index (χ2n) is 6.89. The van der Waals surface area contributed by atoms with Gasteiger partial charge in [0.1, 0.15) is 5.69 Å². The molecule has 2 N–H and O–H groups in total. The summed E-state index contributed by atoms with van der Waals surface area (Å²) in [5.74, 6) is -0.329. The molecule has 0 saturated carbocycles. The number of H-pyrrole nitrogens is 1. The van der Waals surface area contributed by atoms with Crippen LogP contribution in [0.1, 0.15) is 10.5 Å². The number of rotatable bonds is 3. The Labute approximate surface area is 157 Å². The van der Waals surface area contributed by atoms with Crippen LogP contribution in [0.5, 0.6) is 0 Å². The highest BCUT2D eigenvalue weighted by atomic mass is 16.2. The van der Waals surface area contributed by atoms with Crippen molar-refractivity contribution >= 4 is 28.1 Å². The highest BCUT2D eigenvalue weighted by Crippen LogP contribution is 2.20. The highest BCUT2D eigenvalue weighted by molar-refractivity contribution is 6.04. The van der Waals surface area contributed by atoms with Crippen molar-refractivity contribution < 1.29 is 4.79 Å². The van der Waals surface area contributed by atoms with Gasteiger partial charge in [-0.05, 0) is 48.8 Å². The second kappa shape index (κ2) is 7.25. The van der Waals surface area contributed by atoms with Crippen molar-refractivity contribution in [3.63, 3.8) is 0 Å². The Morgan fingerprint density at radius 2 is 1.70 bits per heavy atom. The average molecular weight is 362 g/mol. The lowest BCUT2D eigenvalue weighted by molar-refractivity contribution is 0.102. The first kappa shape index (κ1) is 17.3. The summed E-state index contributed by atoms with van der Waals surface area (Å²) in [4.78, 5) is 32.0. The van der Waals surface area contributed by atoms with E-state index in [9.17, 15) is 9.59 Å². The Morgan fingerprint density at radius 1 is 1.00 bits per heavy atom. The smallest absolute Gasteiger partial charge is 0.272 e. The van der Waals surface area contributed by atoms with Gasteiger partial charge >= 0.3 is 0 Å². The Balaban J connectivity index is 1.49. The van der Waals surface area contributed by atoms with Crippen molar-refractivity contribution in [2.75, 3.05) is 43.4 Å². The first-order valence-electron chi connectivity index (χ1n) is 9.07. The molecule has 138 valence electrons. The van der Waals surface area contributed by atoms with E-state index < -0.39 is 0 Å². The van der Waals surface area contributed by atoms with Gasteiger partial charge in [0.25, 0.3) is 11.5 Å². The molecule has 1 aromatic heterocycles. The summed E-state index contributed by atoms with van der Waals surface area (Å²) in [6.07, 6.45) is 0. The van der Waals surface area contributed by atoms with Gasteiger partial charge in [-0.2, -0.15) is 0 Å². The number of carbonyl (C=O) groups is 1. The number of fused-ring (bicyclic) bond motifs is 1. The molecule has 1 aliphatic rings. The summed E-state index contributed by atoms with van der Waals surface area (Å²) in [5.41, 5.74) is 1.85. The summed E-state index contributed by atoms with van der Waals surface area (Å²) in [5, 5.41) is 4.17. The van der Waals surface area contributed by atoms with E-state index in [-0.39, 0.29) is 17.2 Å². The lowest BCUT2D eigenvalue weighted by atomic mass is 10.1. The van der Waals surface area contributed by atoms with E-state index in [1.807, 2.05) is 36.4 Å². The summed E-state index contributed by atoms with van der Waals surface area (Å²) < 4.78 is 0. The van der Waals surface area contributed by atoms with Crippen LogP contribution in [0.4, 0.5) is 11.4 Å². The third-order valence-electron chi connectivity index (χ3n) is 4.99. The number of aromatic nitrogens is 1. The number of hydrogen-bond acceptors (Lipinski definition) is 4. The molecule has 0 bridgehead atoms. The van der Waals surface area contributed by atoms with Crippen molar-refractivity contribution in [2.45, 2.75) is 0 Å². The van der Waals surface area contributed by atoms with Gasteiger partial charge < -0.3 is 20.1 Å². The fourth-order valence-electron chi connectivity index (χ4n) is 3.35. The Kier molecular flexibility index (Phi) is 4.64. The van der Waals surface area contributed by atoms with Gasteiger partial charge in [-0.25, -0.2) is 0 Å². The molecular formula is C21H22N4O2. The molecule has 0 radical (unpaired) electrons. The van der Waals surface area contributed by atoms with Crippen LogP contribution in [0.25, 0.3) is 10.8 Å². The van der Waals surface area contributed by atoms with Crippen molar-refractivity contribution in [1.82, 2.24) is 9.88 Å². The van der Waals surface area contributed by atoms with Crippen molar-refractivity contribution in [2.24, 2.45) is 0 Å². The molecule has 0 aliphatic carbocycles. The number of carbonyl (C=O) groups excluding carboxylic acids is 1. The van der Waals surface area contributed by atoms with Crippen LogP contribution in [0.2, 0.25) is 0 Å². The van der Waals surface area contributed by atoms with Gasteiger partial charge in [-0.3, -0.25) is 9.59 Å².